The fourth-order valence-electron chi connectivity index (χ4n) is 2.62. The van der Waals surface area contributed by atoms with Crippen molar-refractivity contribution in [2.24, 2.45) is 0 Å². The van der Waals surface area contributed by atoms with Crippen LogP contribution in [0.3, 0.4) is 0 Å². The number of aliphatic hydroxyl groups excluding tert-OH is 1. The van der Waals surface area contributed by atoms with Gasteiger partial charge < -0.3 is 19.3 Å². The van der Waals surface area contributed by atoms with Crippen molar-refractivity contribution in [1.82, 2.24) is 0 Å². The number of hydrogen-bond donors (Lipinski definition) is 1. The summed E-state index contributed by atoms with van der Waals surface area (Å²) in [7, 11) is 0. The SMILES string of the molecule is C[C@@H]1O[C@@H](O)[C@@H](OC(=O)c2ccccc2)[C@H]1OC(=O)c1ccccc1. The summed E-state index contributed by atoms with van der Waals surface area (Å²) in [6, 6.07) is 16.8. The van der Waals surface area contributed by atoms with Crippen LogP contribution in [0.5, 0.6) is 0 Å². The minimum Gasteiger partial charge on any atom is -0.452 e. The lowest BCUT2D eigenvalue weighted by atomic mass is 10.1. The molecule has 1 N–H and O–H groups in total. The standard InChI is InChI=1S/C19H18O6/c1-12-15(24-17(20)13-8-4-2-5-9-13)16(19(22)23-12)25-18(21)14-10-6-3-7-11-14/h2-12,15-16,19,22H,1H3/t12-,15-,16-,19+/m0/s1. The molecular formula is C19H18O6. The van der Waals surface area contributed by atoms with Crippen molar-refractivity contribution in [3.05, 3.63) is 71.8 Å². The molecule has 0 aromatic heterocycles. The molecule has 0 bridgehead atoms. The first-order chi connectivity index (χ1) is 12.1. The highest BCUT2D eigenvalue weighted by Gasteiger charge is 2.47. The third-order valence-electron chi connectivity index (χ3n) is 3.93. The predicted octanol–water partition coefficient (Wildman–Crippen LogP) is 2.17. The Morgan fingerprint density at radius 1 is 0.840 bits per heavy atom. The summed E-state index contributed by atoms with van der Waals surface area (Å²) in [5, 5.41) is 10.0. The Balaban J connectivity index is 1.72. The highest BCUT2D eigenvalue weighted by atomic mass is 16.7. The average molecular weight is 342 g/mol. The summed E-state index contributed by atoms with van der Waals surface area (Å²) >= 11 is 0. The number of rotatable bonds is 4. The van der Waals surface area contributed by atoms with Crippen molar-refractivity contribution in [3.63, 3.8) is 0 Å². The van der Waals surface area contributed by atoms with Gasteiger partial charge in [-0.05, 0) is 31.2 Å². The zero-order valence-electron chi connectivity index (χ0n) is 13.6. The van der Waals surface area contributed by atoms with Crippen LogP contribution in [0.4, 0.5) is 0 Å². The first kappa shape index (κ1) is 17.1. The number of hydrogen-bond acceptors (Lipinski definition) is 6. The molecule has 2 aromatic carbocycles. The summed E-state index contributed by atoms with van der Waals surface area (Å²) in [5.74, 6) is -1.20. The summed E-state index contributed by atoms with van der Waals surface area (Å²) in [5.41, 5.74) is 0.701. The molecule has 0 radical (unpaired) electrons. The van der Waals surface area contributed by atoms with E-state index in [0.29, 0.717) is 11.1 Å². The van der Waals surface area contributed by atoms with Gasteiger partial charge >= 0.3 is 11.9 Å². The minimum atomic E-state index is -1.36. The van der Waals surface area contributed by atoms with Crippen LogP contribution in [-0.2, 0) is 14.2 Å². The van der Waals surface area contributed by atoms with E-state index in [-0.39, 0.29) is 0 Å². The maximum Gasteiger partial charge on any atom is 0.338 e. The number of carbonyl (C=O) groups excluding carboxylic acids is 2. The zero-order chi connectivity index (χ0) is 17.8. The van der Waals surface area contributed by atoms with Gasteiger partial charge in [-0.15, -0.1) is 0 Å². The summed E-state index contributed by atoms with van der Waals surface area (Å²) < 4.78 is 16.0. The molecule has 130 valence electrons. The molecular weight excluding hydrogens is 324 g/mol. The summed E-state index contributed by atoms with van der Waals surface area (Å²) in [6.07, 6.45) is -3.99. The van der Waals surface area contributed by atoms with Gasteiger partial charge in [0.15, 0.2) is 18.5 Å². The molecule has 0 spiro atoms. The van der Waals surface area contributed by atoms with Gasteiger partial charge in [-0.2, -0.15) is 0 Å². The van der Waals surface area contributed by atoms with E-state index in [0.717, 1.165) is 0 Å². The lowest BCUT2D eigenvalue weighted by Crippen LogP contribution is -2.39. The quantitative estimate of drug-likeness (QED) is 0.858. The van der Waals surface area contributed by atoms with Crippen LogP contribution < -0.4 is 0 Å². The Labute approximate surface area is 144 Å². The highest BCUT2D eigenvalue weighted by molar-refractivity contribution is 5.90. The molecule has 25 heavy (non-hydrogen) atoms. The molecule has 0 aliphatic carbocycles. The molecule has 3 rings (SSSR count). The zero-order valence-corrected chi connectivity index (χ0v) is 13.6. The van der Waals surface area contributed by atoms with E-state index in [1.54, 1.807) is 67.6 Å². The first-order valence-corrected chi connectivity index (χ1v) is 7.92. The van der Waals surface area contributed by atoms with E-state index in [2.05, 4.69) is 0 Å². The lowest BCUT2D eigenvalue weighted by Gasteiger charge is -2.22. The average Bonchev–Trinajstić information content (AvgIpc) is 2.90. The number of benzene rings is 2. The topological polar surface area (TPSA) is 82.1 Å². The normalized spacial score (nSPS) is 25.4. The molecule has 1 fully saturated rings. The second-order valence-electron chi connectivity index (χ2n) is 5.70. The second kappa shape index (κ2) is 7.46. The van der Waals surface area contributed by atoms with Crippen LogP contribution in [0.2, 0.25) is 0 Å². The van der Waals surface area contributed by atoms with Crippen LogP contribution in [0.15, 0.2) is 60.7 Å². The molecule has 2 aromatic rings. The monoisotopic (exact) mass is 342 g/mol. The van der Waals surface area contributed by atoms with Crippen molar-refractivity contribution in [2.45, 2.75) is 31.5 Å². The maximum atomic E-state index is 12.3. The van der Waals surface area contributed by atoms with E-state index < -0.39 is 36.5 Å². The molecule has 1 aliphatic heterocycles. The third kappa shape index (κ3) is 3.87. The van der Waals surface area contributed by atoms with Crippen LogP contribution in [0, 0.1) is 0 Å². The molecule has 1 aliphatic rings. The van der Waals surface area contributed by atoms with Crippen LogP contribution in [-0.4, -0.2) is 41.6 Å². The van der Waals surface area contributed by atoms with E-state index >= 15 is 0 Å². The van der Waals surface area contributed by atoms with Crippen molar-refractivity contribution in [3.8, 4) is 0 Å². The number of esters is 2. The molecule has 0 saturated carbocycles. The van der Waals surface area contributed by atoms with Crippen LogP contribution in [0.25, 0.3) is 0 Å². The smallest absolute Gasteiger partial charge is 0.338 e. The van der Waals surface area contributed by atoms with Gasteiger partial charge in [0.1, 0.15) is 0 Å². The van der Waals surface area contributed by atoms with Gasteiger partial charge in [0.25, 0.3) is 0 Å². The van der Waals surface area contributed by atoms with Gasteiger partial charge in [0.05, 0.1) is 17.2 Å². The largest absolute Gasteiger partial charge is 0.452 e. The first-order valence-electron chi connectivity index (χ1n) is 7.92. The predicted molar refractivity (Wildman–Crippen MR) is 87.8 cm³/mol. The number of ether oxygens (including phenoxy) is 3. The van der Waals surface area contributed by atoms with Gasteiger partial charge in [-0.3, -0.25) is 0 Å². The Morgan fingerprint density at radius 2 is 1.28 bits per heavy atom. The molecule has 0 amide bonds. The third-order valence-corrected chi connectivity index (χ3v) is 3.93. The Morgan fingerprint density at radius 3 is 1.76 bits per heavy atom. The fourth-order valence-corrected chi connectivity index (χ4v) is 2.62. The van der Waals surface area contributed by atoms with E-state index in [1.165, 1.54) is 0 Å². The van der Waals surface area contributed by atoms with Gasteiger partial charge in [-0.1, -0.05) is 36.4 Å². The summed E-state index contributed by atoms with van der Waals surface area (Å²) in [4.78, 5) is 24.5. The molecule has 1 saturated heterocycles. The second-order valence-corrected chi connectivity index (χ2v) is 5.70. The molecule has 4 atom stereocenters. The van der Waals surface area contributed by atoms with Crippen LogP contribution >= 0.6 is 0 Å². The molecule has 6 heteroatoms. The van der Waals surface area contributed by atoms with Crippen LogP contribution in [0.1, 0.15) is 27.6 Å². The van der Waals surface area contributed by atoms with Gasteiger partial charge in [0.2, 0.25) is 0 Å². The molecule has 0 unspecified atom stereocenters. The Hall–Kier alpha value is -2.70. The lowest BCUT2D eigenvalue weighted by molar-refractivity contribution is -0.127. The summed E-state index contributed by atoms with van der Waals surface area (Å²) in [6.45, 7) is 1.64. The van der Waals surface area contributed by atoms with Crippen molar-refractivity contribution in [2.75, 3.05) is 0 Å². The Kier molecular flexibility index (Phi) is 5.11. The van der Waals surface area contributed by atoms with Crippen molar-refractivity contribution in [1.29, 1.82) is 0 Å². The van der Waals surface area contributed by atoms with Gasteiger partial charge in [0, 0.05) is 0 Å². The van der Waals surface area contributed by atoms with E-state index in [9.17, 15) is 14.7 Å². The Bertz CT molecular complexity index is 667. The minimum absolute atomic E-state index is 0.336. The van der Waals surface area contributed by atoms with Crippen molar-refractivity contribution >= 4 is 11.9 Å². The van der Waals surface area contributed by atoms with E-state index in [4.69, 9.17) is 14.2 Å². The highest BCUT2D eigenvalue weighted by Crippen LogP contribution is 2.27. The number of aliphatic hydroxyl groups is 1. The number of carbonyl (C=O) groups is 2. The molecule has 6 nitrogen and oxygen atoms in total. The molecule has 1 heterocycles. The van der Waals surface area contributed by atoms with Crippen molar-refractivity contribution < 1.29 is 28.9 Å². The fraction of sp³-hybridized carbons (Fsp3) is 0.263. The van der Waals surface area contributed by atoms with Gasteiger partial charge in [-0.25, -0.2) is 9.59 Å². The van der Waals surface area contributed by atoms with E-state index in [1.807, 2.05) is 0 Å². The maximum absolute atomic E-state index is 12.3.